The smallest absolute Gasteiger partial charge is 0.305 e. The Labute approximate surface area is 217 Å². The molecule has 202 valence electrons. The minimum atomic E-state index is -1.48. The summed E-state index contributed by atoms with van der Waals surface area (Å²) in [7, 11) is 0. The number of benzene rings is 1. The van der Waals surface area contributed by atoms with Gasteiger partial charge in [0, 0.05) is 51.4 Å². The molecule has 0 radical (unpaired) electrons. The van der Waals surface area contributed by atoms with Crippen LogP contribution in [0.15, 0.2) is 30.5 Å². The molecule has 0 saturated carbocycles. The molecule has 12 nitrogen and oxygen atoms in total. The first-order chi connectivity index (χ1) is 17.4. The fourth-order valence-electron chi connectivity index (χ4n) is 3.47. The average molecular weight is 542 g/mol. The lowest BCUT2D eigenvalue weighted by atomic mass is 9.98. The fourth-order valence-corrected chi connectivity index (χ4v) is 3.64. The zero-order valence-electron chi connectivity index (χ0n) is 20.8. The Morgan fingerprint density at radius 3 is 1.92 bits per heavy atom. The predicted molar refractivity (Wildman–Crippen MR) is 127 cm³/mol. The van der Waals surface area contributed by atoms with Gasteiger partial charge in [-0.3, -0.25) is 24.0 Å². The van der Waals surface area contributed by atoms with Gasteiger partial charge in [-0.05, 0) is 23.6 Å². The highest BCUT2D eigenvalue weighted by Gasteiger charge is 2.53. The van der Waals surface area contributed by atoms with Crippen molar-refractivity contribution in [1.82, 2.24) is 4.98 Å². The number of nitrogens with one attached hydrogen (secondary N) is 1. The summed E-state index contributed by atoms with van der Waals surface area (Å²) in [6.07, 6.45) is -4.80. The van der Waals surface area contributed by atoms with Crippen LogP contribution in [0.5, 0.6) is 0 Å². The second-order valence-electron chi connectivity index (χ2n) is 7.89. The SMILES string of the molecule is CC(=O)OC[C@H]1O[C@@H](OC(C)=O)[C@H](OC(C)=O)[C@@H](OC(C)=O)[C@H]1OC(C)=O.Clc1ccc2cc[nH]c2c1. The number of aromatic nitrogens is 1. The van der Waals surface area contributed by atoms with Crippen molar-refractivity contribution < 1.29 is 52.4 Å². The van der Waals surface area contributed by atoms with E-state index >= 15 is 0 Å². The number of halogens is 1. The van der Waals surface area contributed by atoms with Gasteiger partial charge in [0.2, 0.25) is 12.4 Å². The first kappa shape index (κ1) is 29.6. The van der Waals surface area contributed by atoms with Gasteiger partial charge in [-0.15, -0.1) is 0 Å². The van der Waals surface area contributed by atoms with Crippen molar-refractivity contribution in [2.24, 2.45) is 0 Å². The molecule has 0 unspecified atom stereocenters. The highest BCUT2D eigenvalue weighted by atomic mass is 35.5. The number of aromatic amines is 1. The predicted octanol–water partition coefficient (Wildman–Crippen LogP) is 2.45. The van der Waals surface area contributed by atoms with Crippen LogP contribution >= 0.6 is 11.6 Å². The molecule has 1 aliphatic heterocycles. The van der Waals surface area contributed by atoms with E-state index in [2.05, 4.69) is 4.98 Å². The van der Waals surface area contributed by atoms with Gasteiger partial charge < -0.3 is 33.4 Å². The molecular weight excluding hydrogens is 514 g/mol. The number of hydrogen-bond donors (Lipinski definition) is 1. The molecule has 5 atom stereocenters. The van der Waals surface area contributed by atoms with E-state index in [1.54, 1.807) is 0 Å². The maximum absolute atomic E-state index is 11.5. The van der Waals surface area contributed by atoms with Crippen molar-refractivity contribution in [1.29, 1.82) is 0 Å². The lowest BCUT2D eigenvalue weighted by Gasteiger charge is -2.43. The van der Waals surface area contributed by atoms with Gasteiger partial charge in [-0.25, -0.2) is 0 Å². The fraction of sp³-hybridized carbons (Fsp3) is 0.458. The summed E-state index contributed by atoms with van der Waals surface area (Å²) < 4.78 is 30.8. The van der Waals surface area contributed by atoms with Crippen molar-refractivity contribution in [2.45, 2.75) is 65.3 Å². The van der Waals surface area contributed by atoms with Crippen LogP contribution in [0.3, 0.4) is 0 Å². The molecule has 1 fully saturated rings. The highest BCUT2D eigenvalue weighted by molar-refractivity contribution is 6.31. The van der Waals surface area contributed by atoms with Gasteiger partial charge in [0.1, 0.15) is 12.7 Å². The summed E-state index contributed by atoms with van der Waals surface area (Å²) in [5, 5.41) is 1.97. The molecule has 2 aromatic rings. The molecule has 3 rings (SSSR count). The minimum absolute atomic E-state index is 0.393. The molecular formula is C24H28ClNO11. The summed E-state index contributed by atoms with van der Waals surface area (Å²) >= 11 is 5.76. The van der Waals surface area contributed by atoms with Gasteiger partial charge in [0.25, 0.3) is 0 Å². The highest BCUT2D eigenvalue weighted by Crippen LogP contribution is 2.30. The van der Waals surface area contributed by atoms with Crippen LogP contribution in [0.1, 0.15) is 34.6 Å². The van der Waals surface area contributed by atoms with E-state index in [-0.39, 0.29) is 0 Å². The Hall–Kier alpha value is -3.64. The van der Waals surface area contributed by atoms with E-state index in [0.29, 0.717) is 0 Å². The van der Waals surface area contributed by atoms with Crippen LogP contribution in [0.4, 0.5) is 0 Å². The largest absolute Gasteiger partial charge is 0.463 e. The summed E-state index contributed by atoms with van der Waals surface area (Å²) in [6.45, 7) is 5.13. The third kappa shape index (κ3) is 9.39. The molecule has 0 amide bonds. The maximum atomic E-state index is 11.5. The Morgan fingerprint density at radius 1 is 0.784 bits per heavy atom. The summed E-state index contributed by atoms with van der Waals surface area (Å²) in [4.78, 5) is 60.1. The van der Waals surface area contributed by atoms with E-state index in [9.17, 15) is 24.0 Å². The summed E-state index contributed by atoms with van der Waals surface area (Å²) in [5.41, 5.74) is 1.09. The summed E-state index contributed by atoms with van der Waals surface area (Å²) in [5.74, 6) is -3.71. The van der Waals surface area contributed by atoms with Crippen molar-refractivity contribution in [3.05, 3.63) is 35.5 Å². The topological polar surface area (TPSA) is 157 Å². The quantitative estimate of drug-likeness (QED) is 0.423. The molecule has 0 bridgehead atoms. The second-order valence-corrected chi connectivity index (χ2v) is 8.32. The van der Waals surface area contributed by atoms with E-state index in [1.807, 2.05) is 30.5 Å². The number of hydrogen-bond acceptors (Lipinski definition) is 11. The van der Waals surface area contributed by atoms with E-state index in [4.69, 9.17) is 40.0 Å². The Bertz CT molecular complexity index is 1130. The Balaban J connectivity index is 0.000000394. The van der Waals surface area contributed by atoms with Crippen LogP contribution in [0.25, 0.3) is 10.9 Å². The minimum Gasteiger partial charge on any atom is -0.463 e. The second kappa shape index (κ2) is 13.6. The van der Waals surface area contributed by atoms with E-state index in [1.165, 1.54) is 5.39 Å². The van der Waals surface area contributed by atoms with Gasteiger partial charge >= 0.3 is 29.8 Å². The number of esters is 5. The van der Waals surface area contributed by atoms with Gasteiger partial charge in [-0.1, -0.05) is 17.7 Å². The number of fused-ring (bicyclic) bond motifs is 1. The van der Waals surface area contributed by atoms with E-state index in [0.717, 1.165) is 45.2 Å². The third-order valence-corrected chi connectivity index (χ3v) is 4.98. The lowest BCUT2D eigenvalue weighted by Crippen LogP contribution is -2.63. The van der Waals surface area contributed by atoms with Crippen molar-refractivity contribution >= 4 is 52.4 Å². The van der Waals surface area contributed by atoms with Gasteiger partial charge in [0.15, 0.2) is 12.2 Å². The van der Waals surface area contributed by atoms with Crippen LogP contribution in [-0.2, 0) is 52.4 Å². The zero-order valence-corrected chi connectivity index (χ0v) is 21.6. The molecule has 1 aromatic carbocycles. The average Bonchev–Trinajstić information content (AvgIpc) is 3.23. The molecule has 1 aliphatic rings. The van der Waals surface area contributed by atoms with Crippen LogP contribution in [0, 0.1) is 0 Å². The van der Waals surface area contributed by atoms with Crippen LogP contribution in [0.2, 0.25) is 5.02 Å². The monoisotopic (exact) mass is 541 g/mol. The van der Waals surface area contributed by atoms with Crippen LogP contribution in [-0.4, -0.2) is 72.1 Å². The number of H-pyrrole nitrogens is 1. The normalized spacial score (nSPS) is 22.6. The van der Waals surface area contributed by atoms with Gasteiger partial charge in [-0.2, -0.15) is 0 Å². The Morgan fingerprint density at radius 2 is 1.35 bits per heavy atom. The number of carbonyl (C=O) groups is 5. The molecule has 2 heterocycles. The number of rotatable bonds is 6. The van der Waals surface area contributed by atoms with Crippen LogP contribution < -0.4 is 0 Å². The molecule has 37 heavy (non-hydrogen) atoms. The third-order valence-electron chi connectivity index (χ3n) is 4.75. The first-order valence-electron chi connectivity index (χ1n) is 11.1. The molecule has 13 heteroatoms. The lowest BCUT2D eigenvalue weighted by molar-refractivity contribution is -0.300. The Kier molecular flexibility index (Phi) is 10.9. The first-order valence-corrected chi connectivity index (χ1v) is 11.5. The molecule has 1 N–H and O–H groups in total. The number of carbonyl (C=O) groups excluding carboxylic acids is 5. The van der Waals surface area contributed by atoms with Crippen molar-refractivity contribution in [3.63, 3.8) is 0 Å². The molecule has 0 spiro atoms. The number of ether oxygens (including phenoxy) is 6. The van der Waals surface area contributed by atoms with Crippen molar-refractivity contribution in [3.8, 4) is 0 Å². The standard InChI is InChI=1S/C16H22O11.C8H6ClN/c1-7(17)22-6-12-13(23-8(2)18)14(24-9(3)19)15(25-10(4)20)16(27-12)26-11(5)21;9-7-2-1-6-3-4-10-8(6)5-7/h12-16H,6H2,1-5H3;1-5,10H/t12-,13+,14+,15-,16-;/m1./s1. The zero-order chi connectivity index (χ0) is 27.7. The molecule has 1 aromatic heterocycles. The molecule has 1 saturated heterocycles. The molecule has 0 aliphatic carbocycles. The van der Waals surface area contributed by atoms with E-state index < -0.39 is 67.2 Å². The van der Waals surface area contributed by atoms with Gasteiger partial charge in [0.05, 0.1) is 0 Å². The summed E-state index contributed by atoms with van der Waals surface area (Å²) in [6, 6.07) is 7.81. The van der Waals surface area contributed by atoms with Crippen molar-refractivity contribution in [2.75, 3.05) is 6.61 Å². The maximum Gasteiger partial charge on any atom is 0.305 e.